The van der Waals surface area contributed by atoms with Crippen LogP contribution in [-0.2, 0) is 0 Å². The number of nitrogens with zero attached hydrogens (tertiary/aromatic N) is 1. The first-order chi connectivity index (χ1) is 6.93. The Morgan fingerprint density at radius 2 is 2.07 bits per heavy atom. The molecule has 0 spiro atoms. The van der Waals surface area contributed by atoms with E-state index in [4.69, 9.17) is 0 Å². The minimum absolute atomic E-state index is 0.0448. The van der Waals surface area contributed by atoms with E-state index in [-0.39, 0.29) is 11.6 Å². The molecule has 0 aromatic heterocycles. The average molecular weight is 274 g/mol. The third kappa shape index (κ3) is 2.76. The molecule has 0 saturated carbocycles. The molecule has 4 nitrogen and oxygen atoms in total. The van der Waals surface area contributed by atoms with E-state index in [1.807, 2.05) is 6.92 Å². The Labute approximate surface area is 96.2 Å². The fraction of sp³-hybridized carbons (Fsp3) is 0.400. The van der Waals surface area contributed by atoms with Gasteiger partial charge < -0.3 is 5.11 Å². The lowest BCUT2D eigenvalue weighted by Gasteiger charge is -2.16. The number of rotatable bonds is 3. The second-order valence-electron chi connectivity index (χ2n) is 3.49. The molecule has 2 atom stereocenters. The van der Waals surface area contributed by atoms with E-state index in [0.29, 0.717) is 4.47 Å². The molecule has 2 unspecified atom stereocenters. The molecule has 1 aromatic rings. The zero-order chi connectivity index (χ0) is 11.6. The highest BCUT2D eigenvalue weighted by Crippen LogP contribution is 2.30. The van der Waals surface area contributed by atoms with Gasteiger partial charge in [0, 0.05) is 22.5 Å². The second kappa shape index (κ2) is 4.72. The first-order valence-electron chi connectivity index (χ1n) is 4.55. The number of nitro groups is 1. The van der Waals surface area contributed by atoms with E-state index >= 15 is 0 Å². The molecular weight excluding hydrogens is 262 g/mol. The van der Waals surface area contributed by atoms with Crippen LogP contribution in [0.25, 0.3) is 0 Å². The molecular formula is C10H12BrNO3. The fourth-order valence-corrected chi connectivity index (χ4v) is 1.99. The lowest BCUT2D eigenvalue weighted by atomic mass is 9.96. The van der Waals surface area contributed by atoms with Gasteiger partial charge in [-0.25, -0.2) is 0 Å². The predicted octanol–water partition coefficient (Wildman–Crippen LogP) is 2.84. The number of aliphatic hydroxyl groups excluding tert-OH is 1. The molecule has 0 bridgehead atoms. The van der Waals surface area contributed by atoms with Crippen molar-refractivity contribution in [2.75, 3.05) is 0 Å². The minimum Gasteiger partial charge on any atom is -0.393 e. The highest BCUT2D eigenvalue weighted by atomic mass is 79.9. The summed E-state index contributed by atoms with van der Waals surface area (Å²) in [6.45, 7) is 3.56. The fourth-order valence-electron chi connectivity index (χ4n) is 1.26. The maximum atomic E-state index is 10.5. The van der Waals surface area contributed by atoms with Gasteiger partial charge in [-0.15, -0.1) is 0 Å². The first kappa shape index (κ1) is 12.1. The predicted molar refractivity (Wildman–Crippen MR) is 60.9 cm³/mol. The van der Waals surface area contributed by atoms with E-state index in [2.05, 4.69) is 15.9 Å². The van der Waals surface area contributed by atoms with Crippen molar-refractivity contribution in [2.24, 2.45) is 0 Å². The summed E-state index contributed by atoms with van der Waals surface area (Å²) in [6, 6.07) is 4.56. The number of aliphatic hydroxyl groups is 1. The van der Waals surface area contributed by atoms with Crippen LogP contribution in [0.2, 0.25) is 0 Å². The highest BCUT2D eigenvalue weighted by molar-refractivity contribution is 9.10. The van der Waals surface area contributed by atoms with Crippen molar-refractivity contribution in [3.63, 3.8) is 0 Å². The number of hydrogen-bond acceptors (Lipinski definition) is 3. The van der Waals surface area contributed by atoms with Crippen LogP contribution in [0.15, 0.2) is 22.7 Å². The van der Waals surface area contributed by atoms with Crippen molar-refractivity contribution >= 4 is 21.6 Å². The van der Waals surface area contributed by atoms with Gasteiger partial charge in [0.2, 0.25) is 0 Å². The zero-order valence-electron chi connectivity index (χ0n) is 8.48. The summed E-state index contributed by atoms with van der Waals surface area (Å²) in [5.41, 5.74) is 0.916. The molecule has 0 aliphatic carbocycles. The number of non-ortho nitro benzene ring substituents is 1. The van der Waals surface area contributed by atoms with Crippen LogP contribution in [0, 0.1) is 10.1 Å². The Hall–Kier alpha value is -0.940. The molecule has 0 saturated heterocycles. The first-order valence-corrected chi connectivity index (χ1v) is 5.34. The van der Waals surface area contributed by atoms with Crippen LogP contribution in [0.5, 0.6) is 0 Å². The Kier molecular flexibility index (Phi) is 3.82. The largest absolute Gasteiger partial charge is 0.393 e. The topological polar surface area (TPSA) is 63.4 Å². The molecule has 0 heterocycles. The van der Waals surface area contributed by atoms with E-state index in [1.165, 1.54) is 12.1 Å². The number of hydrogen-bond donors (Lipinski definition) is 1. The summed E-state index contributed by atoms with van der Waals surface area (Å²) in [5.74, 6) is -0.0554. The number of halogens is 1. The van der Waals surface area contributed by atoms with Crippen LogP contribution >= 0.6 is 15.9 Å². The van der Waals surface area contributed by atoms with Gasteiger partial charge in [-0.2, -0.15) is 0 Å². The zero-order valence-corrected chi connectivity index (χ0v) is 10.1. The van der Waals surface area contributed by atoms with Crippen molar-refractivity contribution in [3.05, 3.63) is 38.3 Å². The Balaban J connectivity index is 3.08. The Bertz CT molecular complexity index is 379. The van der Waals surface area contributed by atoms with Crippen molar-refractivity contribution < 1.29 is 10.0 Å². The maximum Gasteiger partial charge on any atom is 0.270 e. The second-order valence-corrected chi connectivity index (χ2v) is 4.35. The van der Waals surface area contributed by atoms with Gasteiger partial charge in [-0.1, -0.05) is 28.9 Å². The lowest BCUT2D eigenvalue weighted by Crippen LogP contribution is -2.11. The van der Waals surface area contributed by atoms with Crippen molar-refractivity contribution in [2.45, 2.75) is 25.9 Å². The average Bonchev–Trinajstić information content (AvgIpc) is 2.16. The standard InChI is InChI=1S/C10H12BrNO3/c1-6(7(2)13)9-4-3-8(12(14)15)5-10(9)11/h3-7,13H,1-2H3. The molecule has 0 aliphatic heterocycles. The number of benzene rings is 1. The molecule has 0 fully saturated rings. The molecule has 5 heteroatoms. The van der Waals surface area contributed by atoms with Gasteiger partial charge in [0.25, 0.3) is 5.69 Å². The highest BCUT2D eigenvalue weighted by Gasteiger charge is 2.16. The summed E-state index contributed by atoms with van der Waals surface area (Å²) in [7, 11) is 0. The van der Waals surface area contributed by atoms with Crippen LogP contribution in [0.3, 0.4) is 0 Å². The van der Waals surface area contributed by atoms with Crippen LogP contribution in [-0.4, -0.2) is 16.1 Å². The van der Waals surface area contributed by atoms with Gasteiger partial charge in [-0.05, 0) is 12.5 Å². The Morgan fingerprint density at radius 1 is 1.47 bits per heavy atom. The van der Waals surface area contributed by atoms with Crippen molar-refractivity contribution in [1.82, 2.24) is 0 Å². The number of nitro benzene ring substituents is 1. The van der Waals surface area contributed by atoms with Gasteiger partial charge in [-0.3, -0.25) is 10.1 Å². The van der Waals surface area contributed by atoms with Crippen LogP contribution in [0.1, 0.15) is 25.3 Å². The molecule has 0 amide bonds. The monoisotopic (exact) mass is 273 g/mol. The smallest absolute Gasteiger partial charge is 0.270 e. The summed E-state index contributed by atoms with van der Waals surface area (Å²) < 4.78 is 0.658. The summed E-state index contributed by atoms with van der Waals surface area (Å²) in [4.78, 5) is 10.1. The quantitative estimate of drug-likeness (QED) is 0.681. The third-order valence-corrected chi connectivity index (χ3v) is 3.10. The van der Waals surface area contributed by atoms with E-state index in [9.17, 15) is 15.2 Å². The third-order valence-electron chi connectivity index (χ3n) is 2.41. The minimum atomic E-state index is -0.484. The molecule has 1 aromatic carbocycles. The Morgan fingerprint density at radius 3 is 2.47 bits per heavy atom. The summed E-state index contributed by atoms with van der Waals surface area (Å²) >= 11 is 3.27. The molecule has 0 radical (unpaired) electrons. The molecule has 82 valence electrons. The van der Waals surface area contributed by atoms with E-state index in [0.717, 1.165) is 5.56 Å². The van der Waals surface area contributed by atoms with Crippen LogP contribution < -0.4 is 0 Å². The van der Waals surface area contributed by atoms with Gasteiger partial charge in [0.05, 0.1) is 11.0 Å². The normalized spacial score (nSPS) is 14.7. The SMILES string of the molecule is CC(O)C(C)c1ccc([N+](=O)[O-])cc1Br. The molecule has 15 heavy (non-hydrogen) atoms. The molecule has 0 aliphatic rings. The van der Waals surface area contributed by atoms with Crippen molar-refractivity contribution in [1.29, 1.82) is 0 Å². The molecule has 1 N–H and O–H groups in total. The van der Waals surface area contributed by atoms with Gasteiger partial charge in [0.15, 0.2) is 0 Å². The lowest BCUT2D eigenvalue weighted by molar-refractivity contribution is -0.384. The summed E-state index contributed by atoms with van der Waals surface area (Å²) in [5, 5.41) is 19.9. The summed E-state index contributed by atoms with van der Waals surface area (Å²) in [6.07, 6.45) is -0.484. The van der Waals surface area contributed by atoms with Gasteiger partial charge >= 0.3 is 0 Å². The van der Waals surface area contributed by atoms with Gasteiger partial charge in [0.1, 0.15) is 0 Å². The van der Waals surface area contributed by atoms with E-state index in [1.54, 1.807) is 13.0 Å². The maximum absolute atomic E-state index is 10.5. The molecule has 1 rings (SSSR count). The van der Waals surface area contributed by atoms with E-state index < -0.39 is 11.0 Å². The van der Waals surface area contributed by atoms with Crippen molar-refractivity contribution in [3.8, 4) is 0 Å². The van der Waals surface area contributed by atoms with Crippen LogP contribution in [0.4, 0.5) is 5.69 Å².